The minimum atomic E-state index is 0.965. The first kappa shape index (κ1) is 6.53. The molecule has 2 nitrogen and oxygen atoms in total. The van der Waals surface area contributed by atoms with Crippen LogP contribution in [0.2, 0.25) is 0 Å². The first-order valence-corrected chi connectivity index (χ1v) is 3.86. The number of aryl methyl sites for hydroxylation is 1. The Bertz CT molecular complexity index is 307. The largest absolute Gasteiger partial charge is 0.367 e. The van der Waals surface area contributed by atoms with Crippen molar-refractivity contribution >= 4 is 11.9 Å². The average Bonchev–Trinajstić information content (AvgIpc) is 2.33. The lowest BCUT2D eigenvalue weighted by Crippen LogP contribution is -2.08. The molecule has 1 aromatic heterocycles. The van der Waals surface area contributed by atoms with Crippen LogP contribution in [0.5, 0.6) is 0 Å². The summed E-state index contributed by atoms with van der Waals surface area (Å²) < 4.78 is 0. The lowest BCUT2D eigenvalue weighted by molar-refractivity contribution is 1.17. The summed E-state index contributed by atoms with van der Waals surface area (Å²) in [4.78, 5) is 3.19. The topological polar surface area (TPSA) is 27.8 Å². The number of hydrogen-bond donors (Lipinski definition) is 2. The minimum Gasteiger partial charge on any atom is -0.367 e. The van der Waals surface area contributed by atoms with E-state index >= 15 is 0 Å². The second-order valence-corrected chi connectivity index (χ2v) is 3.10. The molecule has 2 heteroatoms. The molecule has 11 heavy (non-hydrogen) atoms. The van der Waals surface area contributed by atoms with Gasteiger partial charge in [0.2, 0.25) is 0 Å². The van der Waals surface area contributed by atoms with E-state index in [1.54, 1.807) is 0 Å². The Morgan fingerprint density at radius 1 is 1.36 bits per heavy atom. The molecule has 58 valence electrons. The van der Waals surface area contributed by atoms with Gasteiger partial charge in [0.15, 0.2) is 0 Å². The van der Waals surface area contributed by atoms with Crippen molar-refractivity contribution in [1.29, 1.82) is 0 Å². The average molecular weight is 148 g/mol. The van der Waals surface area contributed by atoms with Gasteiger partial charge in [0, 0.05) is 18.3 Å². The molecular formula is C9H12N2. The van der Waals surface area contributed by atoms with Gasteiger partial charge in [-0.2, -0.15) is 0 Å². The highest BCUT2D eigenvalue weighted by atomic mass is 15.0. The summed E-state index contributed by atoms with van der Waals surface area (Å²) in [5, 5.41) is 3.31. The lowest BCUT2D eigenvalue weighted by atomic mass is 10.1. The fraction of sp³-hybridized carbons (Fsp3) is 0.333. The molecule has 2 heterocycles. The summed E-state index contributed by atoms with van der Waals surface area (Å²) in [6.45, 7) is 5.22. The molecule has 2 rings (SSSR count). The molecule has 1 aliphatic rings. The molecule has 0 unspecified atom stereocenters. The second kappa shape index (κ2) is 2.16. The Hall–Kier alpha value is -1.18. The van der Waals surface area contributed by atoms with Crippen LogP contribution in [0.3, 0.4) is 0 Å². The van der Waals surface area contributed by atoms with Gasteiger partial charge in [0.05, 0.1) is 0 Å². The summed E-state index contributed by atoms with van der Waals surface area (Å²) in [5.41, 5.74) is 4.01. The van der Waals surface area contributed by atoms with Gasteiger partial charge in [-0.1, -0.05) is 11.6 Å². The van der Waals surface area contributed by atoms with Crippen molar-refractivity contribution in [2.24, 2.45) is 0 Å². The zero-order valence-electron chi connectivity index (χ0n) is 6.86. The third-order valence-electron chi connectivity index (χ3n) is 2.06. The van der Waals surface area contributed by atoms with E-state index in [1.807, 2.05) is 6.20 Å². The Kier molecular flexibility index (Phi) is 1.28. The minimum absolute atomic E-state index is 0.965. The third kappa shape index (κ3) is 0.946. The van der Waals surface area contributed by atoms with Crippen LogP contribution in [0.1, 0.15) is 18.1 Å². The predicted octanol–water partition coefficient (Wildman–Crippen LogP) is 2.15. The number of H-pyrrole nitrogens is 1. The van der Waals surface area contributed by atoms with Crippen LogP contribution in [0, 0.1) is 6.92 Å². The Labute approximate surface area is 66.3 Å². The molecule has 0 aliphatic carbocycles. The summed E-state index contributed by atoms with van der Waals surface area (Å²) in [5.74, 6) is 1.16. The molecule has 0 fully saturated rings. The molecule has 0 saturated carbocycles. The number of aromatic amines is 1. The van der Waals surface area contributed by atoms with E-state index in [2.05, 4.69) is 30.2 Å². The van der Waals surface area contributed by atoms with Crippen molar-refractivity contribution in [2.75, 3.05) is 11.9 Å². The van der Waals surface area contributed by atoms with E-state index in [1.165, 1.54) is 16.7 Å². The van der Waals surface area contributed by atoms with E-state index in [9.17, 15) is 0 Å². The van der Waals surface area contributed by atoms with Crippen molar-refractivity contribution in [3.05, 3.63) is 22.9 Å². The maximum Gasteiger partial charge on any atom is 0.111 e. The summed E-state index contributed by atoms with van der Waals surface area (Å²) in [6.07, 6.45) is 4.27. The van der Waals surface area contributed by atoms with E-state index < -0.39 is 0 Å². The monoisotopic (exact) mass is 148 g/mol. The molecule has 1 aromatic rings. The molecule has 0 bridgehead atoms. The molecule has 0 saturated heterocycles. The molecule has 0 radical (unpaired) electrons. The summed E-state index contributed by atoms with van der Waals surface area (Å²) in [7, 11) is 0. The van der Waals surface area contributed by atoms with Gasteiger partial charge < -0.3 is 10.3 Å². The maximum atomic E-state index is 3.31. The van der Waals surface area contributed by atoms with Crippen LogP contribution in [0.4, 0.5) is 5.82 Å². The second-order valence-electron chi connectivity index (χ2n) is 3.10. The van der Waals surface area contributed by atoms with E-state index in [-0.39, 0.29) is 0 Å². The number of hydrogen-bond acceptors (Lipinski definition) is 1. The van der Waals surface area contributed by atoms with Crippen LogP contribution in [-0.4, -0.2) is 11.5 Å². The lowest BCUT2D eigenvalue weighted by Gasteiger charge is -2.12. The van der Waals surface area contributed by atoms with Crippen molar-refractivity contribution in [2.45, 2.75) is 13.8 Å². The molecule has 0 amide bonds. The molecule has 0 aromatic carbocycles. The molecule has 1 aliphatic heterocycles. The van der Waals surface area contributed by atoms with Crippen molar-refractivity contribution < 1.29 is 0 Å². The molecule has 0 spiro atoms. The van der Waals surface area contributed by atoms with Gasteiger partial charge in [0.25, 0.3) is 0 Å². The Balaban J connectivity index is 2.55. The number of nitrogens with one attached hydrogen (secondary N) is 2. The van der Waals surface area contributed by atoms with Gasteiger partial charge in [-0.3, -0.25) is 0 Å². The molecule has 2 N–H and O–H groups in total. The summed E-state index contributed by atoms with van der Waals surface area (Å²) in [6, 6.07) is 0. The first-order chi connectivity index (χ1) is 5.27. The maximum absolute atomic E-state index is 3.31. The SMILES string of the molecule is CC1=Cc2c(C)c[nH]c2NC1. The quantitative estimate of drug-likeness (QED) is 0.579. The fourth-order valence-electron chi connectivity index (χ4n) is 1.39. The number of anilines is 1. The smallest absolute Gasteiger partial charge is 0.111 e. The fourth-order valence-corrected chi connectivity index (χ4v) is 1.39. The zero-order chi connectivity index (χ0) is 7.84. The number of fused-ring (bicyclic) bond motifs is 1. The molecular weight excluding hydrogens is 136 g/mol. The van der Waals surface area contributed by atoms with Gasteiger partial charge in [-0.15, -0.1) is 0 Å². The van der Waals surface area contributed by atoms with Gasteiger partial charge in [-0.25, -0.2) is 0 Å². The highest BCUT2D eigenvalue weighted by Gasteiger charge is 2.09. The highest BCUT2D eigenvalue weighted by molar-refractivity contribution is 5.71. The first-order valence-electron chi connectivity index (χ1n) is 3.86. The number of rotatable bonds is 0. The van der Waals surface area contributed by atoms with E-state index in [4.69, 9.17) is 0 Å². The van der Waals surface area contributed by atoms with Crippen LogP contribution in [-0.2, 0) is 0 Å². The van der Waals surface area contributed by atoms with Crippen LogP contribution < -0.4 is 5.32 Å². The highest BCUT2D eigenvalue weighted by Crippen LogP contribution is 2.24. The predicted molar refractivity (Wildman–Crippen MR) is 47.7 cm³/mol. The standard InChI is InChI=1S/C9H12N2/c1-6-3-8-7(2)5-11-9(8)10-4-6/h3,5,10-11H,4H2,1-2H3. The summed E-state index contributed by atoms with van der Waals surface area (Å²) >= 11 is 0. The van der Waals surface area contributed by atoms with E-state index in [0.29, 0.717) is 0 Å². The Morgan fingerprint density at radius 2 is 2.18 bits per heavy atom. The zero-order valence-corrected chi connectivity index (χ0v) is 6.86. The Morgan fingerprint density at radius 3 is 3.00 bits per heavy atom. The van der Waals surface area contributed by atoms with Gasteiger partial charge in [-0.05, 0) is 19.4 Å². The van der Waals surface area contributed by atoms with Crippen molar-refractivity contribution in [1.82, 2.24) is 4.98 Å². The third-order valence-corrected chi connectivity index (χ3v) is 2.06. The van der Waals surface area contributed by atoms with Crippen LogP contribution in [0.25, 0.3) is 6.08 Å². The van der Waals surface area contributed by atoms with Crippen molar-refractivity contribution in [3.8, 4) is 0 Å². The molecule has 0 atom stereocenters. The van der Waals surface area contributed by atoms with Gasteiger partial charge >= 0.3 is 0 Å². The van der Waals surface area contributed by atoms with Crippen LogP contribution >= 0.6 is 0 Å². The van der Waals surface area contributed by atoms with Crippen LogP contribution in [0.15, 0.2) is 11.8 Å². The number of aromatic nitrogens is 1. The van der Waals surface area contributed by atoms with E-state index in [0.717, 1.165) is 12.4 Å². The van der Waals surface area contributed by atoms with Crippen molar-refractivity contribution in [3.63, 3.8) is 0 Å². The van der Waals surface area contributed by atoms with Gasteiger partial charge in [0.1, 0.15) is 5.82 Å². The normalized spacial score (nSPS) is 15.3.